The molecule has 2 atom stereocenters. The number of aliphatic imine (C=N–C) groups is 1. The fourth-order valence-corrected chi connectivity index (χ4v) is 5.34. The van der Waals surface area contributed by atoms with Crippen LogP contribution in [-0.4, -0.2) is 46.7 Å². The third kappa shape index (κ3) is 4.42. The molecule has 0 bridgehead atoms. The maximum absolute atomic E-state index is 13.1. The summed E-state index contributed by atoms with van der Waals surface area (Å²) < 4.78 is 18.7. The van der Waals surface area contributed by atoms with Crippen LogP contribution in [0.25, 0.3) is 0 Å². The number of carbonyl (C=O) groups excluding carboxylic acids is 1. The number of aromatic amines is 1. The summed E-state index contributed by atoms with van der Waals surface area (Å²) in [5, 5.41) is 3.61. The molecule has 3 heterocycles. The molecule has 10 heteroatoms. The Morgan fingerprint density at radius 3 is 2.88 bits per heavy atom. The minimum absolute atomic E-state index is 0.0980. The van der Waals surface area contributed by atoms with E-state index in [0.717, 1.165) is 23.4 Å². The smallest absolute Gasteiger partial charge is 0.271 e. The largest absolute Gasteiger partial charge is 0.493 e. The molecule has 9 nitrogen and oxygen atoms in total. The fourth-order valence-electron chi connectivity index (χ4n) is 4.25. The fraction of sp³-hybridized carbons (Fsp3) is 0.500. The van der Waals surface area contributed by atoms with Gasteiger partial charge in [0.15, 0.2) is 23.9 Å². The van der Waals surface area contributed by atoms with Gasteiger partial charge >= 0.3 is 0 Å². The van der Waals surface area contributed by atoms with Crippen LogP contribution < -0.4 is 20.8 Å². The summed E-state index contributed by atoms with van der Waals surface area (Å²) in [6.45, 7) is 6.42. The van der Waals surface area contributed by atoms with Crippen molar-refractivity contribution in [2.45, 2.75) is 50.5 Å². The number of rotatable bonds is 6. The highest BCUT2D eigenvalue weighted by molar-refractivity contribution is 8.14. The number of H-pyrrole nitrogens is 1. The number of nitrogens with one attached hydrogen (secondary N) is 1. The first-order chi connectivity index (χ1) is 15.2. The second-order valence-electron chi connectivity index (χ2n) is 8.60. The van der Waals surface area contributed by atoms with Crippen molar-refractivity contribution < 1.29 is 19.0 Å². The molecule has 0 unspecified atom stereocenters. The van der Waals surface area contributed by atoms with Gasteiger partial charge in [0, 0.05) is 6.61 Å². The molecule has 2 aliphatic rings. The highest BCUT2D eigenvalue weighted by Crippen LogP contribution is 2.46. The molecule has 1 aromatic heterocycles. The van der Waals surface area contributed by atoms with E-state index in [2.05, 4.69) is 18.9 Å². The number of methoxy groups -OCH3 is 1. The Morgan fingerprint density at radius 1 is 1.41 bits per heavy atom. The van der Waals surface area contributed by atoms with Crippen LogP contribution in [0, 0.1) is 0 Å². The highest BCUT2D eigenvalue weighted by atomic mass is 32.2. The van der Waals surface area contributed by atoms with Crippen molar-refractivity contribution in [2.24, 2.45) is 10.7 Å². The lowest BCUT2D eigenvalue weighted by molar-refractivity contribution is -0.119. The number of hydrogen-bond donors (Lipinski definition) is 2. The van der Waals surface area contributed by atoms with Gasteiger partial charge in [0.25, 0.3) is 11.5 Å². The predicted octanol–water partition coefficient (Wildman–Crippen LogP) is 3.07. The number of ether oxygens (including phenoxy) is 3. The average Bonchev–Trinajstić information content (AvgIpc) is 3.07. The molecular weight excluding hydrogens is 432 g/mol. The van der Waals surface area contributed by atoms with Crippen LogP contribution in [0.5, 0.6) is 11.5 Å². The average molecular weight is 461 g/mol. The van der Waals surface area contributed by atoms with Gasteiger partial charge in [0.05, 0.1) is 34.6 Å². The molecular formula is C22H28N4O5S. The normalized spacial score (nSPS) is 22.1. The number of carbonyl (C=O) groups is 1. The summed E-state index contributed by atoms with van der Waals surface area (Å²) in [6.07, 6.45) is 1.59. The lowest BCUT2D eigenvalue weighted by Gasteiger charge is -2.36. The van der Waals surface area contributed by atoms with Crippen molar-refractivity contribution in [3.05, 3.63) is 39.7 Å². The van der Waals surface area contributed by atoms with E-state index in [0.29, 0.717) is 29.5 Å². The van der Waals surface area contributed by atoms with E-state index in [9.17, 15) is 9.59 Å². The number of nitrogens with two attached hydrogens (primary N) is 1. The van der Waals surface area contributed by atoms with Crippen molar-refractivity contribution in [1.29, 1.82) is 0 Å². The molecule has 0 radical (unpaired) electrons. The van der Waals surface area contributed by atoms with E-state index in [-0.39, 0.29) is 29.1 Å². The minimum Gasteiger partial charge on any atom is -0.493 e. The highest BCUT2D eigenvalue weighted by Gasteiger charge is 2.36. The van der Waals surface area contributed by atoms with Crippen LogP contribution in [0.1, 0.15) is 56.0 Å². The van der Waals surface area contributed by atoms with Gasteiger partial charge in [-0.2, -0.15) is 0 Å². The molecule has 4 rings (SSSR count). The lowest BCUT2D eigenvalue weighted by Crippen LogP contribution is -2.35. The van der Waals surface area contributed by atoms with E-state index in [1.54, 1.807) is 12.1 Å². The van der Waals surface area contributed by atoms with Gasteiger partial charge in [-0.3, -0.25) is 19.4 Å². The zero-order valence-electron chi connectivity index (χ0n) is 18.6. The molecule has 3 N–H and O–H groups in total. The summed E-state index contributed by atoms with van der Waals surface area (Å²) in [4.78, 5) is 29.0. The number of fused-ring (bicyclic) bond motifs is 1. The summed E-state index contributed by atoms with van der Waals surface area (Å²) >= 11 is 1.51. The standard InChI is InChI=1S/C22H28N4O5S/c1-12-24-20-18(21(28)25-26(20)14-7-8-31-22(2,3)10-14)19(32-12)13-5-6-15(29-4)16(9-13)30-11-17(23)27/h5-6,9,14,19H,7-8,10-11H2,1-4H3,(H2,23,27)(H,25,28)/t14-,19+/m1/s1. The first kappa shape index (κ1) is 22.5. The maximum atomic E-state index is 13.1. The Bertz CT molecular complexity index is 1120. The van der Waals surface area contributed by atoms with E-state index in [4.69, 9.17) is 24.9 Å². The number of benzene rings is 1. The van der Waals surface area contributed by atoms with Crippen LogP contribution in [0.2, 0.25) is 0 Å². The molecule has 2 aliphatic heterocycles. The number of amides is 1. The Morgan fingerprint density at radius 2 is 2.19 bits per heavy atom. The van der Waals surface area contributed by atoms with E-state index in [1.807, 2.05) is 17.7 Å². The number of aromatic nitrogens is 2. The van der Waals surface area contributed by atoms with Crippen LogP contribution in [-0.2, 0) is 9.53 Å². The molecule has 1 fully saturated rings. The third-order valence-corrected chi connectivity index (χ3v) is 6.82. The third-order valence-electron chi connectivity index (χ3n) is 5.65. The Balaban J connectivity index is 1.74. The molecule has 2 aromatic rings. The Hall–Kier alpha value is -2.72. The topological polar surface area (TPSA) is 121 Å². The minimum atomic E-state index is -0.581. The second kappa shape index (κ2) is 8.67. The molecule has 1 aromatic carbocycles. The number of nitrogens with zero attached hydrogens (tertiary/aromatic N) is 2. The monoisotopic (exact) mass is 460 g/mol. The Kier molecular flexibility index (Phi) is 6.09. The molecule has 1 saturated heterocycles. The molecule has 0 aliphatic carbocycles. The van der Waals surface area contributed by atoms with Crippen molar-refractivity contribution >= 4 is 28.5 Å². The van der Waals surface area contributed by atoms with E-state index in [1.165, 1.54) is 18.9 Å². The van der Waals surface area contributed by atoms with Crippen LogP contribution in [0.15, 0.2) is 28.0 Å². The number of thioether (sulfide) groups is 1. The number of primary amides is 1. The van der Waals surface area contributed by atoms with Crippen molar-refractivity contribution in [1.82, 2.24) is 9.78 Å². The van der Waals surface area contributed by atoms with Gasteiger partial charge in [-0.1, -0.05) is 17.8 Å². The summed E-state index contributed by atoms with van der Waals surface area (Å²) in [5.74, 6) is 0.961. The van der Waals surface area contributed by atoms with Gasteiger partial charge in [-0.05, 0) is 51.3 Å². The van der Waals surface area contributed by atoms with Gasteiger partial charge in [0.2, 0.25) is 0 Å². The summed E-state index contributed by atoms with van der Waals surface area (Å²) in [7, 11) is 1.52. The first-order valence-electron chi connectivity index (χ1n) is 10.5. The van der Waals surface area contributed by atoms with Crippen molar-refractivity contribution in [3.63, 3.8) is 0 Å². The van der Waals surface area contributed by atoms with Crippen LogP contribution in [0.3, 0.4) is 0 Å². The predicted molar refractivity (Wildman–Crippen MR) is 123 cm³/mol. The van der Waals surface area contributed by atoms with Gasteiger partial charge in [0.1, 0.15) is 0 Å². The zero-order chi connectivity index (χ0) is 23.0. The first-order valence-corrected chi connectivity index (χ1v) is 11.4. The van der Waals surface area contributed by atoms with Gasteiger partial charge in [-0.25, -0.2) is 4.99 Å². The van der Waals surface area contributed by atoms with E-state index >= 15 is 0 Å². The van der Waals surface area contributed by atoms with Crippen molar-refractivity contribution in [3.8, 4) is 11.5 Å². The maximum Gasteiger partial charge on any atom is 0.271 e. The number of hydrogen-bond acceptors (Lipinski definition) is 7. The SMILES string of the molecule is COc1ccc([C@@H]2SC(C)=Nc3c2c(=O)[nH]n3[C@@H]2CCOC(C)(C)C2)cc1OCC(N)=O. The molecule has 1 amide bonds. The Labute approximate surface area is 190 Å². The van der Waals surface area contributed by atoms with Crippen molar-refractivity contribution in [2.75, 3.05) is 20.3 Å². The lowest BCUT2D eigenvalue weighted by atomic mass is 9.94. The molecule has 0 saturated carbocycles. The molecule has 172 valence electrons. The zero-order valence-corrected chi connectivity index (χ0v) is 19.5. The van der Waals surface area contributed by atoms with Crippen LogP contribution in [0.4, 0.5) is 5.82 Å². The van der Waals surface area contributed by atoms with Gasteiger partial charge in [-0.15, -0.1) is 0 Å². The van der Waals surface area contributed by atoms with E-state index < -0.39 is 5.91 Å². The summed E-state index contributed by atoms with van der Waals surface area (Å²) in [5.41, 5.74) is 6.26. The molecule has 32 heavy (non-hydrogen) atoms. The molecule has 0 spiro atoms. The summed E-state index contributed by atoms with van der Waals surface area (Å²) in [6, 6.07) is 5.54. The van der Waals surface area contributed by atoms with Crippen LogP contribution >= 0.6 is 11.8 Å². The second-order valence-corrected chi connectivity index (χ2v) is 9.89. The quantitative estimate of drug-likeness (QED) is 0.683. The van der Waals surface area contributed by atoms with Gasteiger partial charge < -0.3 is 19.9 Å².